The summed E-state index contributed by atoms with van der Waals surface area (Å²) < 4.78 is 5.64. The van der Waals surface area contributed by atoms with E-state index in [9.17, 15) is 4.79 Å². The maximum atomic E-state index is 12.0. The molecule has 1 aromatic carbocycles. The normalized spacial score (nSPS) is 10.5. The Balaban J connectivity index is 1.46. The highest BCUT2D eigenvalue weighted by atomic mass is 16.4. The van der Waals surface area contributed by atoms with E-state index in [1.807, 2.05) is 61.5 Å². The van der Waals surface area contributed by atoms with E-state index in [1.54, 1.807) is 6.20 Å². The molecule has 26 heavy (non-hydrogen) atoms. The molecule has 0 radical (unpaired) electrons. The summed E-state index contributed by atoms with van der Waals surface area (Å²) >= 11 is 0. The first-order valence-corrected chi connectivity index (χ1v) is 8.43. The first-order chi connectivity index (χ1) is 12.6. The van der Waals surface area contributed by atoms with Gasteiger partial charge in [-0.15, -0.1) is 10.2 Å². The first kappa shape index (κ1) is 17.6. The third-order valence-electron chi connectivity index (χ3n) is 3.77. The van der Waals surface area contributed by atoms with Gasteiger partial charge in [0.15, 0.2) is 0 Å². The number of aromatic nitrogens is 3. The van der Waals surface area contributed by atoms with Gasteiger partial charge in [0, 0.05) is 32.5 Å². The molecule has 0 aliphatic rings. The van der Waals surface area contributed by atoms with Gasteiger partial charge in [-0.25, -0.2) is 4.98 Å². The van der Waals surface area contributed by atoms with E-state index in [2.05, 4.69) is 20.5 Å². The maximum Gasteiger partial charge on any atom is 0.247 e. The summed E-state index contributed by atoms with van der Waals surface area (Å²) in [7, 11) is 3.84. The van der Waals surface area contributed by atoms with Crippen molar-refractivity contribution in [1.29, 1.82) is 0 Å². The number of nitrogens with zero attached hydrogens (tertiary/aromatic N) is 4. The molecule has 0 fully saturated rings. The van der Waals surface area contributed by atoms with Crippen molar-refractivity contribution in [3.8, 4) is 11.5 Å². The summed E-state index contributed by atoms with van der Waals surface area (Å²) in [5.74, 6) is 1.81. The average molecular weight is 351 g/mol. The fraction of sp³-hybridized carbons (Fsp3) is 0.263. The predicted octanol–water partition coefficient (Wildman–Crippen LogP) is 3.16. The second-order valence-electron chi connectivity index (χ2n) is 6.07. The number of anilines is 2. The Hall–Kier alpha value is -3.22. The van der Waals surface area contributed by atoms with E-state index < -0.39 is 0 Å². The van der Waals surface area contributed by atoms with Crippen LogP contribution in [0.15, 0.2) is 53.1 Å². The zero-order chi connectivity index (χ0) is 18.4. The number of rotatable bonds is 7. The Morgan fingerprint density at radius 1 is 1.12 bits per heavy atom. The molecule has 2 heterocycles. The zero-order valence-corrected chi connectivity index (χ0v) is 14.8. The van der Waals surface area contributed by atoms with Crippen molar-refractivity contribution in [3.63, 3.8) is 0 Å². The molecular formula is C19H21N5O2. The third-order valence-corrected chi connectivity index (χ3v) is 3.77. The summed E-state index contributed by atoms with van der Waals surface area (Å²) in [4.78, 5) is 18.2. The van der Waals surface area contributed by atoms with Crippen LogP contribution in [0.1, 0.15) is 18.7 Å². The number of pyridine rings is 1. The van der Waals surface area contributed by atoms with E-state index in [-0.39, 0.29) is 5.91 Å². The fourth-order valence-electron chi connectivity index (χ4n) is 2.40. The quantitative estimate of drug-likeness (QED) is 0.704. The summed E-state index contributed by atoms with van der Waals surface area (Å²) in [5, 5.41) is 10.9. The minimum Gasteiger partial charge on any atom is -0.421 e. The predicted molar refractivity (Wildman–Crippen MR) is 99.9 cm³/mol. The molecule has 0 aliphatic carbocycles. The highest BCUT2D eigenvalue weighted by molar-refractivity contribution is 5.90. The van der Waals surface area contributed by atoms with Crippen LogP contribution in [0.25, 0.3) is 11.5 Å². The lowest BCUT2D eigenvalue weighted by Crippen LogP contribution is -2.13. The number of carbonyl (C=O) groups is 1. The number of benzene rings is 1. The minimum absolute atomic E-state index is 0.0628. The van der Waals surface area contributed by atoms with Gasteiger partial charge >= 0.3 is 0 Å². The monoisotopic (exact) mass is 351 g/mol. The molecule has 7 nitrogen and oxygen atoms in total. The third kappa shape index (κ3) is 4.66. The van der Waals surface area contributed by atoms with Crippen LogP contribution in [0.4, 0.5) is 11.5 Å². The molecule has 0 saturated carbocycles. The highest BCUT2D eigenvalue weighted by Crippen LogP contribution is 2.18. The van der Waals surface area contributed by atoms with E-state index in [4.69, 9.17) is 4.42 Å². The summed E-state index contributed by atoms with van der Waals surface area (Å²) in [6.07, 6.45) is 3.21. The van der Waals surface area contributed by atoms with Crippen LogP contribution >= 0.6 is 0 Å². The molecular weight excluding hydrogens is 330 g/mol. The summed E-state index contributed by atoms with van der Waals surface area (Å²) in [6.45, 7) is 0. The standard InChI is InChI=1S/C19H21N5O2/c1-24(2)16-12-11-15(13-20-16)21-17(25)9-6-10-18-22-23-19(26-18)14-7-4-3-5-8-14/h3-5,7-8,11-13H,6,9-10H2,1-2H3,(H,21,25). The van der Waals surface area contributed by atoms with Crippen molar-refractivity contribution < 1.29 is 9.21 Å². The van der Waals surface area contributed by atoms with Crippen LogP contribution in [0.2, 0.25) is 0 Å². The molecule has 2 aromatic heterocycles. The van der Waals surface area contributed by atoms with E-state index in [0.717, 1.165) is 11.4 Å². The summed E-state index contributed by atoms with van der Waals surface area (Å²) in [6, 6.07) is 13.3. The Labute approximate surface area is 152 Å². The lowest BCUT2D eigenvalue weighted by Gasteiger charge is -2.11. The lowest BCUT2D eigenvalue weighted by atomic mass is 10.2. The van der Waals surface area contributed by atoms with Crippen LogP contribution in [0.5, 0.6) is 0 Å². The second kappa shape index (κ2) is 8.24. The molecule has 134 valence electrons. The van der Waals surface area contributed by atoms with E-state index >= 15 is 0 Å². The molecule has 3 rings (SSSR count). The Bertz CT molecular complexity index is 844. The Kier molecular flexibility index (Phi) is 5.58. The van der Waals surface area contributed by atoms with Crippen molar-refractivity contribution in [2.75, 3.05) is 24.3 Å². The first-order valence-electron chi connectivity index (χ1n) is 8.43. The van der Waals surface area contributed by atoms with Gasteiger partial charge in [-0.3, -0.25) is 4.79 Å². The second-order valence-corrected chi connectivity index (χ2v) is 6.07. The van der Waals surface area contributed by atoms with Crippen molar-refractivity contribution in [1.82, 2.24) is 15.2 Å². The molecule has 0 unspecified atom stereocenters. The number of hydrogen-bond donors (Lipinski definition) is 1. The lowest BCUT2D eigenvalue weighted by molar-refractivity contribution is -0.116. The van der Waals surface area contributed by atoms with Crippen LogP contribution in [-0.4, -0.2) is 35.2 Å². The molecule has 7 heteroatoms. The largest absolute Gasteiger partial charge is 0.421 e. The van der Waals surface area contributed by atoms with Crippen LogP contribution in [-0.2, 0) is 11.2 Å². The average Bonchev–Trinajstić information content (AvgIpc) is 3.12. The van der Waals surface area contributed by atoms with Gasteiger partial charge in [0.2, 0.25) is 17.7 Å². The van der Waals surface area contributed by atoms with Crippen molar-refractivity contribution in [2.45, 2.75) is 19.3 Å². The van der Waals surface area contributed by atoms with Gasteiger partial charge in [-0.05, 0) is 30.7 Å². The number of hydrogen-bond acceptors (Lipinski definition) is 6. The van der Waals surface area contributed by atoms with Crippen molar-refractivity contribution in [3.05, 3.63) is 54.6 Å². The Morgan fingerprint density at radius 3 is 2.62 bits per heavy atom. The van der Waals surface area contributed by atoms with Gasteiger partial charge in [0.25, 0.3) is 0 Å². The molecule has 0 saturated heterocycles. The smallest absolute Gasteiger partial charge is 0.247 e. The number of amides is 1. The SMILES string of the molecule is CN(C)c1ccc(NC(=O)CCCc2nnc(-c3ccccc3)o2)cn1. The molecule has 0 spiro atoms. The fourth-order valence-corrected chi connectivity index (χ4v) is 2.40. The molecule has 1 N–H and O–H groups in total. The highest BCUT2D eigenvalue weighted by Gasteiger charge is 2.09. The number of nitrogens with one attached hydrogen (secondary N) is 1. The molecule has 1 amide bonds. The van der Waals surface area contributed by atoms with Crippen molar-refractivity contribution in [2.24, 2.45) is 0 Å². The maximum absolute atomic E-state index is 12.0. The van der Waals surface area contributed by atoms with E-state index in [0.29, 0.717) is 36.7 Å². The molecule has 0 bridgehead atoms. The number of carbonyl (C=O) groups excluding carboxylic acids is 1. The summed E-state index contributed by atoms with van der Waals surface area (Å²) in [5.41, 5.74) is 1.57. The molecule has 0 atom stereocenters. The topological polar surface area (TPSA) is 84.2 Å². The Morgan fingerprint density at radius 2 is 1.92 bits per heavy atom. The van der Waals surface area contributed by atoms with Gasteiger partial charge in [0.1, 0.15) is 5.82 Å². The molecule has 0 aliphatic heterocycles. The van der Waals surface area contributed by atoms with Crippen LogP contribution in [0.3, 0.4) is 0 Å². The van der Waals surface area contributed by atoms with Crippen LogP contribution in [0, 0.1) is 0 Å². The van der Waals surface area contributed by atoms with Crippen LogP contribution < -0.4 is 10.2 Å². The number of aryl methyl sites for hydroxylation is 1. The molecule has 3 aromatic rings. The minimum atomic E-state index is -0.0628. The zero-order valence-electron chi connectivity index (χ0n) is 14.8. The van der Waals surface area contributed by atoms with E-state index in [1.165, 1.54) is 0 Å². The van der Waals surface area contributed by atoms with Gasteiger partial charge in [-0.2, -0.15) is 0 Å². The van der Waals surface area contributed by atoms with Gasteiger partial charge < -0.3 is 14.6 Å². The van der Waals surface area contributed by atoms with Crippen molar-refractivity contribution >= 4 is 17.4 Å². The van der Waals surface area contributed by atoms with Gasteiger partial charge in [-0.1, -0.05) is 18.2 Å². The van der Waals surface area contributed by atoms with Gasteiger partial charge in [0.05, 0.1) is 11.9 Å².